The topological polar surface area (TPSA) is 105 Å². The number of anilines is 1. The number of benzene rings is 2. The average molecular weight is 546 g/mol. The van der Waals surface area contributed by atoms with Crippen molar-refractivity contribution in [2.75, 3.05) is 43.6 Å². The molecule has 3 aromatic rings. The number of thiazole rings is 1. The number of carbonyl (C=O) groups excluding carboxylic acids is 1. The van der Waals surface area contributed by atoms with Gasteiger partial charge in [-0.2, -0.15) is 0 Å². The van der Waals surface area contributed by atoms with Crippen molar-refractivity contribution in [2.45, 2.75) is 23.6 Å². The molecule has 0 aliphatic rings. The molecule has 0 bridgehead atoms. The molecule has 3 rings (SSSR count). The lowest BCUT2D eigenvalue weighted by Crippen LogP contribution is -2.38. The minimum atomic E-state index is -3.49. The second-order valence-corrected chi connectivity index (χ2v) is 12.7. The maximum Gasteiger partial charge on any atom is 0.260 e. The number of hydrogen-bond donors (Lipinski definition) is 0. The molecule has 12 heteroatoms. The lowest BCUT2D eigenvalue weighted by atomic mass is 10.2. The van der Waals surface area contributed by atoms with E-state index in [0.717, 1.165) is 25.6 Å². The molecule has 0 spiro atoms. The first-order valence-corrected chi connectivity index (χ1v) is 15.0. The van der Waals surface area contributed by atoms with Crippen molar-refractivity contribution < 1.29 is 21.6 Å². The fourth-order valence-corrected chi connectivity index (χ4v) is 5.94. The Balaban J connectivity index is 0.00000408. The standard InChI is InChI=1S/C22H27N3O5S3.ClH/c1-5-24(6-2)14-15-25(21(26)16-10-12-17(13-11-16)32(3,27)28)22-23-20-18(31-22)8-7-9-19(20)33(4,29)30;/h7-13H,5-6,14-15H2,1-4H3;1H. The molecular formula is C22H28ClN3O5S3. The number of sulfone groups is 2. The number of para-hydroxylation sites is 1. The number of carbonyl (C=O) groups is 1. The lowest BCUT2D eigenvalue weighted by Gasteiger charge is -2.24. The summed E-state index contributed by atoms with van der Waals surface area (Å²) in [7, 11) is -6.87. The molecule has 0 fully saturated rings. The number of amides is 1. The van der Waals surface area contributed by atoms with E-state index in [4.69, 9.17) is 0 Å². The highest BCUT2D eigenvalue weighted by atomic mass is 35.5. The van der Waals surface area contributed by atoms with Gasteiger partial charge in [-0.05, 0) is 49.5 Å². The number of aromatic nitrogens is 1. The molecule has 0 aliphatic heterocycles. The van der Waals surface area contributed by atoms with E-state index in [2.05, 4.69) is 9.88 Å². The molecule has 1 aromatic heterocycles. The minimum Gasteiger partial charge on any atom is -0.302 e. The van der Waals surface area contributed by atoms with E-state index in [1.165, 1.54) is 46.6 Å². The van der Waals surface area contributed by atoms with Crippen molar-refractivity contribution in [3.05, 3.63) is 48.0 Å². The Hall–Kier alpha value is -2.05. The third-order valence-corrected chi connectivity index (χ3v) is 8.61. The van der Waals surface area contributed by atoms with Crippen LogP contribution >= 0.6 is 23.7 Å². The lowest BCUT2D eigenvalue weighted by molar-refractivity contribution is 0.0983. The summed E-state index contributed by atoms with van der Waals surface area (Å²) >= 11 is 1.25. The molecular weight excluding hydrogens is 518 g/mol. The molecule has 0 atom stereocenters. The van der Waals surface area contributed by atoms with Crippen molar-refractivity contribution in [3.8, 4) is 0 Å². The summed E-state index contributed by atoms with van der Waals surface area (Å²) in [5, 5.41) is 0.394. The molecule has 0 unspecified atom stereocenters. The zero-order valence-corrected chi connectivity index (χ0v) is 22.7. The Morgan fingerprint density at radius 3 is 2.06 bits per heavy atom. The third-order valence-electron chi connectivity index (χ3n) is 5.31. The fourth-order valence-electron chi connectivity index (χ4n) is 3.39. The summed E-state index contributed by atoms with van der Waals surface area (Å²) < 4.78 is 48.6. The summed E-state index contributed by atoms with van der Waals surface area (Å²) in [6.45, 7) is 6.67. The van der Waals surface area contributed by atoms with Gasteiger partial charge in [-0.3, -0.25) is 9.69 Å². The smallest absolute Gasteiger partial charge is 0.260 e. The van der Waals surface area contributed by atoms with Gasteiger partial charge < -0.3 is 4.90 Å². The number of rotatable bonds is 9. The molecule has 0 aliphatic carbocycles. The highest BCUT2D eigenvalue weighted by molar-refractivity contribution is 7.91. The maximum atomic E-state index is 13.5. The molecule has 0 saturated carbocycles. The number of likely N-dealkylation sites (N-methyl/N-ethyl adjacent to an activating group) is 1. The van der Waals surface area contributed by atoms with Crippen LogP contribution in [0.3, 0.4) is 0 Å². The van der Waals surface area contributed by atoms with Crippen LogP contribution in [-0.2, 0) is 19.7 Å². The van der Waals surface area contributed by atoms with Crippen LogP contribution in [0, 0.1) is 0 Å². The van der Waals surface area contributed by atoms with Gasteiger partial charge in [0.1, 0.15) is 5.52 Å². The van der Waals surface area contributed by atoms with Gasteiger partial charge in [0.05, 0.1) is 14.5 Å². The van der Waals surface area contributed by atoms with Gasteiger partial charge in [0, 0.05) is 31.2 Å². The predicted molar refractivity (Wildman–Crippen MR) is 139 cm³/mol. The van der Waals surface area contributed by atoms with Crippen molar-refractivity contribution in [2.24, 2.45) is 0 Å². The zero-order valence-electron chi connectivity index (χ0n) is 19.4. The Kier molecular flexibility index (Phi) is 9.23. The van der Waals surface area contributed by atoms with Crippen LogP contribution in [0.4, 0.5) is 5.13 Å². The number of hydrogen-bond acceptors (Lipinski definition) is 8. The molecule has 2 aromatic carbocycles. The van der Waals surface area contributed by atoms with Crippen LogP contribution in [0.25, 0.3) is 10.2 Å². The zero-order chi connectivity index (χ0) is 24.4. The van der Waals surface area contributed by atoms with Gasteiger partial charge in [-0.25, -0.2) is 21.8 Å². The average Bonchev–Trinajstić information content (AvgIpc) is 3.19. The second-order valence-electron chi connectivity index (χ2n) is 7.65. The predicted octanol–water partition coefficient (Wildman–Crippen LogP) is 3.51. The highest BCUT2D eigenvalue weighted by Gasteiger charge is 2.24. The van der Waals surface area contributed by atoms with Crippen LogP contribution in [0.2, 0.25) is 0 Å². The van der Waals surface area contributed by atoms with Gasteiger partial charge in [-0.15, -0.1) is 12.4 Å². The van der Waals surface area contributed by atoms with E-state index >= 15 is 0 Å². The van der Waals surface area contributed by atoms with Crippen molar-refractivity contribution in [1.29, 1.82) is 0 Å². The van der Waals surface area contributed by atoms with Crippen molar-refractivity contribution in [1.82, 2.24) is 9.88 Å². The first-order valence-electron chi connectivity index (χ1n) is 10.4. The van der Waals surface area contributed by atoms with Crippen LogP contribution < -0.4 is 4.90 Å². The minimum absolute atomic E-state index is 0. The maximum absolute atomic E-state index is 13.5. The summed E-state index contributed by atoms with van der Waals surface area (Å²) in [6, 6.07) is 10.7. The van der Waals surface area contributed by atoms with E-state index in [9.17, 15) is 21.6 Å². The summed E-state index contributed by atoms with van der Waals surface area (Å²) in [5.41, 5.74) is 0.664. The van der Waals surface area contributed by atoms with Crippen LogP contribution in [0.15, 0.2) is 52.3 Å². The highest BCUT2D eigenvalue weighted by Crippen LogP contribution is 2.33. The summed E-state index contributed by atoms with van der Waals surface area (Å²) in [5.74, 6) is -0.331. The Morgan fingerprint density at radius 2 is 1.53 bits per heavy atom. The van der Waals surface area contributed by atoms with Crippen LogP contribution in [0.5, 0.6) is 0 Å². The van der Waals surface area contributed by atoms with E-state index < -0.39 is 19.7 Å². The van der Waals surface area contributed by atoms with Gasteiger partial charge in [0.15, 0.2) is 24.8 Å². The van der Waals surface area contributed by atoms with E-state index in [1.807, 2.05) is 13.8 Å². The molecule has 186 valence electrons. The number of nitrogens with zero attached hydrogens (tertiary/aromatic N) is 3. The first kappa shape index (κ1) is 28.2. The number of fused-ring (bicyclic) bond motifs is 1. The van der Waals surface area contributed by atoms with Crippen molar-refractivity contribution >= 4 is 64.7 Å². The fraction of sp³-hybridized carbons (Fsp3) is 0.364. The van der Waals surface area contributed by atoms with Gasteiger partial charge >= 0.3 is 0 Å². The van der Waals surface area contributed by atoms with Crippen LogP contribution in [0.1, 0.15) is 24.2 Å². The van der Waals surface area contributed by atoms with Gasteiger partial charge in [0.25, 0.3) is 5.91 Å². The van der Waals surface area contributed by atoms with E-state index in [-0.39, 0.29) is 28.1 Å². The summed E-state index contributed by atoms with van der Waals surface area (Å²) in [4.78, 5) is 22.0. The molecule has 1 heterocycles. The SMILES string of the molecule is CCN(CC)CCN(C(=O)c1ccc(S(C)(=O)=O)cc1)c1nc2c(S(C)(=O)=O)cccc2s1.Cl. The van der Waals surface area contributed by atoms with E-state index in [0.29, 0.717) is 34.0 Å². The number of halogens is 1. The quantitative estimate of drug-likeness (QED) is 0.405. The Morgan fingerprint density at radius 1 is 0.912 bits per heavy atom. The second kappa shape index (κ2) is 11.1. The molecule has 1 amide bonds. The Bertz CT molecular complexity index is 1370. The van der Waals surface area contributed by atoms with Crippen molar-refractivity contribution in [3.63, 3.8) is 0 Å². The van der Waals surface area contributed by atoms with Gasteiger partial charge in [0.2, 0.25) is 0 Å². The molecule has 0 saturated heterocycles. The third kappa shape index (κ3) is 6.33. The molecule has 0 radical (unpaired) electrons. The molecule has 0 N–H and O–H groups in total. The summed E-state index contributed by atoms with van der Waals surface area (Å²) in [6.07, 6.45) is 2.24. The Labute approximate surface area is 210 Å². The normalized spacial score (nSPS) is 12.0. The largest absolute Gasteiger partial charge is 0.302 e. The molecule has 8 nitrogen and oxygen atoms in total. The van der Waals surface area contributed by atoms with E-state index in [1.54, 1.807) is 12.1 Å². The first-order chi connectivity index (χ1) is 15.5. The monoisotopic (exact) mass is 545 g/mol. The molecule has 34 heavy (non-hydrogen) atoms. The van der Waals surface area contributed by atoms with Crippen LogP contribution in [-0.4, -0.2) is 71.3 Å². The van der Waals surface area contributed by atoms with Gasteiger partial charge in [-0.1, -0.05) is 31.3 Å².